The third-order valence-electron chi connectivity index (χ3n) is 7.48. The van der Waals surface area contributed by atoms with Crippen molar-refractivity contribution in [1.82, 2.24) is 10.2 Å². The second kappa shape index (κ2) is 8.76. The number of carbonyl (C=O) groups is 3. The van der Waals surface area contributed by atoms with E-state index >= 15 is 0 Å². The van der Waals surface area contributed by atoms with Gasteiger partial charge in [0.1, 0.15) is 11.4 Å². The minimum atomic E-state index is -0.356. The number of fused-ring (bicyclic) bond motifs is 2. The molecule has 0 radical (unpaired) electrons. The Bertz CT molecular complexity index is 1410. The van der Waals surface area contributed by atoms with Crippen LogP contribution in [0.4, 0.5) is 17.1 Å². The van der Waals surface area contributed by atoms with Crippen molar-refractivity contribution in [1.29, 1.82) is 0 Å². The number of hydrogen-bond acceptors (Lipinski definition) is 5. The second-order valence-corrected chi connectivity index (χ2v) is 10.5. The first-order valence-corrected chi connectivity index (χ1v) is 12.7. The number of piperidine rings is 1. The summed E-state index contributed by atoms with van der Waals surface area (Å²) in [6.45, 7) is 5.96. The Hall–Kier alpha value is -4.14. The molecule has 6 rings (SSSR count). The van der Waals surface area contributed by atoms with Crippen LogP contribution in [0.5, 0.6) is 5.75 Å². The second-order valence-electron chi connectivity index (χ2n) is 10.5. The fraction of sp³-hybridized carbons (Fsp3) is 0.357. The van der Waals surface area contributed by atoms with Crippen molar-refractivity contribution >= 4 is 34.8 Å². The fourth-order valence-electron chi connectivity index (χ4n) is 5.36. The standard InChI is InChI=1S/C28H29N5O4/c1-28(2)16-37-22-11-6-17(15-21(22)28)29-26(35)24-20-12-14-33(27(36)25(20)31-30-24)19-9-7-18(8-10-19)32-13-4-3-5-23(32)34/h6-11,15H,3-5,12-14,16H2,1-2H3,(H,29,35)(H,30,31). The van der Waals surface area contributed by atoms with Crippen LogP contribution in [0, 0.1) is 0 Å². The van der Waals surface area contributed by atoms with E-state index in [-0.39, 0.29) is 28.8 Å². The molecule has 190 valence electrons. The molecule has 1 saturated heterocycles. The van der Waals surface area contributed by atoms with E-state index in [0.29, 0.717) is 42.9 Å². The van der Waals surface area contributed by atoms with Gasteiger partial charge in [0.25, 0.3) is 11.8 Å². The number of anilines is 3. The topological polar surface area (TPSA) is 108 Å². The third-order valence-corrected chi connectivity index (χ3v) is 7.48. The minimum absolute atomic E-state index is 0.126. The quantitative estimate of drug-likeness (QED) is 0.563. The summed E-state index contributed by atoms with van der Waals surface area (Å²) in [7, 11) is 0. The maximum atomic E-state index is 13.3. The average molecular weight is 500 g/mol. The van der Waals surface area contributed by atoms with Gasteiger partial charge in [0.2, 0.25) is 5.91 Å². The van der Waals surface area contributed by atoms with E-state index in [1.54, 1.807) is 9.80 Å². The monoisotopic (exact) mass is 499 g/mol. The van der Waals surface area contributed by atoms with Crippen molar-refractivity contribution in [2.75, 3.05) is 34.8 Å². The summed E-state index contributed by atoms with van der Waals surface area (Å²) in [5.41, 5.74) is 4.37. The molecule has 9 heteroatoms. The van der Waals surface area contributed by atoms with E-state index in [9.17, 15) is 14.4 Å². The zero-order valence-electron chi connectivity index (χ0n) is 21.0. The largest absolute Gasteiger partial charge is 0.492 e. The van der Waals surface area contributed by atoms with E-state index in [0.717, 1.165) is 42.1 Å². The number of nitrogens with one attached hydrogen (secondary N) is 2. The number of ether oxygens (including phenoxy) is 1. The smallest absolute Gasteiger partial charge is 0.276 e. The maximum Gasteiger partial charge on any atom is 0.276 e. The van der Waals surface area contributed by atoms with Gasteiger partial charge in [-0.25, -0.2) is 0 Å². The Kier molecular flexibility index (Phi) is 5.51. The number of rotatable bonds is 4. The Labute approximate surface area is 214 Å². The van der Waals surface area contributed by atoms with Crippen molar-refractivity contribution < 1.29 is 19.1 Å². The molecule has 9 nitrogen and oxygen atoms in total. The molecule has 0 atom stereocenters. The van der Waals surface area contributed by atoms with Crippen LogP contribution < -0.4 is 19.9 Å². The molecule has 0 spiro atoms. The average Bonchev–Trinajstić information content (AvgIpc) is 3.46. The number of hydrogen-bond donors (Lipinski definition) is 2. The Morgan fingerprint density at radius 3 is 2.51 bits per heavy atom. The molecule has 3 amide bonds. The molecule has 3 aliphatic rings. The summed E-state index contributed by atoms with van der Waals surface area (Å²) in [5.74, 6) is 0.385. The number of carbonyl (C=O) groups excluding carboxylic acids is 3. The summed E-state index contributed by atoms with van der Waals surface area (Å²) in [5, 5.41) is 9.92. The van der Waals surface area contributed by atoms with Crippen molar-refractivity contribution in [3.63, 3.8) is 0 Å². The Morgan fingerprint density at radius 1 is 1.00 bits per heavy atom. The molecule has 4 heterocycles. The van der Waals surface area contributed by atoms with Crippen LogP contribution >= 0.6 is 0 Å². The highest BCUT2D eigenvalue weighted by Gasteiger charge is 2.34. The molecule has 2 aromatic carbocycles. The summed E-state index contributed by atoms with van der Waals surface area (Å²) < 4.78 is 5.73. The Balaban J connectivity index is 1.18. The summed E-state index contributed by atoms with van der Waals surface area (Å²) in [6, 6.07) is 13.1. The molecule has 2 N–H and O–H groups in total. The van der Waals surface area contributed by atoms with Gasteiger partial charge in [-0.15, -0.1) is 0 Å². The Morgan fingerprint density at radius 2 is 1.76 bits per heavy atom. The number of aromatic amines is 1. The van der Waals surface area contributed by atoms with Gasteiger partial charge < -0.3 is 19.9 Å². The maximum absolute atomic E-state index is 13.3. The van der Waals surface area contributed by atoms with E-state index in [1.165, 1.54) is 0 Å². The first kappa shape index (κ1) is 23.3. The van der Waals surface area contributed by atoms with Gasteiger partial charge in [0.05, 0.1) is 6.61 Å². The SMILES string of the molecule is CC1(C)COc2ccc(NC(=O)c3n[nH]c4c3CCN(c3ccc(N5CCCCC5=O)cc3)C4=O)cc21. The lowest BCUT2D eigenvalue weighted by atomic mass is 9.87. The molecule has 0 bridgehead atoms. The lowest BCUT2D eigenvalue weighted by Crippen LogP contribution is -2.38. The number of aromatic nitrogens is 2. The van der Waals surface area contributed by atoms with Gasteiger partial charge in [-0.2, -0.15) is 5.10 Å². The molecule has 3 aliphatic heterocycles. The molecular weight excluding hydrogens is 470 g/mol. The third kappa shape index (κ3) is 4.04. The summed E-state index contributed by atoms with van der Waals surface area (Å²) in [6.07, 6.45) is 3.00. The van der Waals surface area contributed by atoms with E-state index < -0.39 is 0 Å². The zero-order valence-corrected chi connectivity index (χ0v) is 21.0. The van der Waals surface area contributed by atoms with Crippen LogP contribution in [0.3, 0.4) is 0 Å². The normalized spacial score (nSPS) is 18.3. The van der Waals surface area contributed by atoms with Crippen LogP contribution in [0.1, 0.15) is 65.2 Å². The number of amides is 3. The predicted molar refractivity (Wildman–Crippen MR) is 140 cm³/mol. The highest BCUT2D eigenvalue weighted by atomic mass is 16.5. The van der Waals surface area contributed by atoms with E-state index in [4.69, 9.17) is 4.74 Å². The molecule has 0 aliphatic carbocycles. The number of H-pyrrole nitrogens is 1. The summed E-state index contributed by atoms with van der Waals surface area (Å²) >= 11 is 0. The van der Waals surface area contributed by atoms with Crippen LogP contribution in [0.25, 0.3) is 0 Å². The predicted octanol–water partition coefficient (Wildman–Crippen LogP) is 4.05. The van der Waals surface area contributed by atoms with Crippen LogP contribution in [0.2, 0.25) is 0 Å². The number of benzene rings is 2. The van der Waals surface area contributed by atoms with Crippen molar-refractivity contribution in [3.05, 3.63) is 65.0 Å². The van der Waals surface area contributed by atoms with Crippen molar-refractivity contribution in [2.45, 2.75) is 44.9 Å². The fourth-order valence-corrected chi connectivity index (χ4v) is 5.36. The molecular formula is C28H29N5O4. The van der Waals surface area contributed by atoms with E-state index in [1.807, 2.05) is 42.5 Å². The van der Waals surface area contributed by atoms with Crippen LogP contribution in [0.15, 0.2) is 42.5 Å². The first-order valence-electron chi connectivity index (χ1n) is 12.7. The highest BCUT2D eigenvalue weighted by Crippen LogP contribution is 2.40. The molecule has 0 unspecified atom stereocenters. The lowest BCUT2D eigenvalue weighted by molar-refractivity contribution is -0.119. The summed E-state index contributed by atoms with van der Waals surface area (Å²) in [4.78, 5) is 42.1. The van der Waals surface area contributed by atoms with Gasteiger partial charge in [0, 0.05) is 53.1 Å². The van der Waals surface area contributed by atoms with Crippen LogP contribution in [-0.2, 0) is 16.6 Å². The highest BCUT2D eigenvalue weighted by molar-refractivity contribution is 6.11. The lowest BCUT2D eigenvalue weighted by Gasteiger charge is -2.29. The van der Waals surface area contributed by atoms with Crippen LogP contribution in [-0.4, -0.2) is 47.6 Å². The van der Waals surface area contributed by atoms with Crippen molar-refractivity contribution in [2.24, 2.45) is 0 Å². The van der Waals surface area contributed by atoms with Gasteiger partial charge in [-0.1, -0.05) is 13.8 Å². The molecule has 37 heavy (non-hydrogen) atoms. The molecule has 0 saturated carbocycles. The minimum Gasteiger partial charge on any atom is -0.492 e. The zero-order chi connectivity index (χ0) is 25.7. The molecule has 1 aromatic heterocycles. The van der Waals surface area contributed by atoms with Gasteiger partial charge in [-0.3, -0.25) is 19.5 Å². The molecule has 1 fully saturated rings. The van der Waals surface area contributed by atoms with E-state index in [2.05, 4.69) is 29.4 Å². The molecule has 3 aromatic rings. The number of nitrogens with zero attached hydrogens (tertiary/aromatic N) is 3. The van der Waals surface area contributed by atoms with Crippen molar-refractivity contribution in [3.8, 4) is 5.75 Å². The van der Waals surface area contributed by atoms with Gasteiger partial charge in [-0.05, 0) is 61.7 Å². The van der Waals surface area contributed by atoms with Gasteiger partial charge in [0.15, 0.2) is 5.69 Å². The van der Waals surface area contributed by atoms with Gasteiger partial charge >= 0.3 is 0 Å². The first-order chi connectivity index (χ1) is 17.8.